The molecule has 2 N–H and O–H groups in total. The summed E-state index contributed by atoms with van der Waals surface area (Å²) in [6.07, 6.45) is 0.895. The summed E-state index contributed by atoms with van der Waals surface area (Å²) in [5.41, 5.74) is 2.14. The van der Waals surface area contributed by atoms with Gasteiger partial charge in [0.05, 0.1) is 18.7 Å². The van der Waals surface area contributed by atoms with Gasteiger partial charge in [-0.25, -0.2) is 5.90 Å². The van der Waals surface area contributed by atoms with Crippen molar-refractivity contribution in [2.45, 2.75) is 20.0 Å². The van der Waals surface area contributed by atoms with Gasteiger partial charge in [0, 0.05) is 0 Å². The van der Waals surface area contributed by atoms with Crippen molar-refractivity contribution in [3.63, 3.8) is 0 Å². The monoisotopic (exact) mass is 215 g/mol. The van der Waals surface area contributed by atoms with E-state index in [9.17, 15) is 0 Å². The first-order valence-electron chi connectivity index (χ1n) is 4.39. The Labute approximate surface area is 88.7 Å². The first-order chi connectivity index (χ1) is 6.72. The highest BCUT2D eigenvalue weighted by molar-refractivity contribution is 6.32. The number of hydrogen-bond donors (Lipinski definition) is 1. The van der Waals surface area contributed by atoms with Crippen molar-refractivity contribution in [1.82, 2.24) is 0 Å². The first kappa shape index (κ1) is 11.3. The van der Waals surface area contributed by atoms with Gasteiger partial charge in [-0.1, -0.05) is 18.5 Å². The van der Waals surface area contributed by atoms with Crippen molar-refractivity contribution in [3.05, 3.63) is 28.3 Å². The molecule has 0 fully saturated rings. The number of benzene rings is 1. The Balaban J connectivity index is 3.10. The number of hydrogen-bond acceptors (Lipinski definition) is 3. The molecule has 0 atom stereocenters. The van der Waals surface area contributed by atoms with Gasteiger partial charge in [-0.2, -0.15) is 0 Å². The van der Waals surface area contributed by atoms with E-state index in [4.69, 9.17) is 22.2 Å². The van der Waals surface area contributed by atoms with E-state index in [-0.39, 0.29) is 0 Å². The minimum atomic E-state index is 0.368. The van der Waals surface area contributed by atoms with E-state index in [1.807, 2.05) is 12.1 Å². The predicted octanol–water partition coefficient (Wildman–Crippen LogP) is 2.30. The zero-order valence-corrected chi connectivity index (χ0v) is 9.10. The molecule has 0 saturated carbocycles. The van der Waals surface area contributed by atoms with Gasteiger partial charge < -0.3 is 4.74 Å². The highest BCUT2D eigenvalue weighted by Gasteiger charge is 2.07. The molecule has 0 aliphatic rings. The van der Waals surface area contributed by atoms with Gasteiger partial charge in [-0.15, -0.1) is 0 Å². The van der Waals surface area contributed by atoms with Gasteiger partial charge in [-0.05, 0) is 29.7 Å². The Kier molecular flexibility index (Phi) is 4.20. The molecule has 0 saturated heterocycles. The molecule has 1 rings (SSSR count). The number of methoxy groups -OCH3 is 1. The van der Waals surface area contributed by atoms with Crippen LogP contribution in [0.5, 0.6) is 5.75 Å². The Hall–Kier alpha value is -0.770. The van der Waals surface area contributed by atoms with E-state index in [2.05, 4.69) is 11.8 Å². The molecule has 0 aromatic heterocycles. The summed E-state index contributed by atoms with van der Waals surface area (Å²) in [7, 11) is 1.60. The zero-order chi connectivity index (χ0) is 10.6. The normalized spacial score (nSPS) is 10.3. The van der Waals surface area contributed by atoms with Crippen molar-refractivity contribution in [2.75, 3.05) is 7.11 Å². The third kappa shape index (κ3) is 2.38. The topological polar surface area (TPSA) is 44.5 Å². The fourth-order valence-corrected chi connectivity index (χ4v) is 1.61. The fraction of sp³-hybridized carbons (Fsp3) is 0.400. The van der Waals surface area contributed by atoms with Crippen LogP contribution in [-0.2, 0) is 17.9 Å². The molecule has 0 amide bonds. The van der Waals surface area contributed by atoms with E-state index in [1.54, 1.807) is 7.11 Å². The van der Waals surface area contributed by atoms with E-state index in [1.165, 1.54) is 0 Å². The van der Waals surface area contributed by atoms with E-state index < -0.39 is 0 Å². The van der Waals surface area contributed by atoms with Crippen molar-refractivity contribution < 1.29 is 9.57 Å². The van der Waals surface area contributed by atoms with Gasteiger partial charge in [-0.3, -0.25) is 4.84 Å². The quantitative estimate of drug-likeness (QED) is 0.784. The van der Waals surface area contributed by atoms with Crippen LogP contribution in [0.4, 0.5) is 0 Å². The van der Waals surface area contributed by atoms with Crippen LogP contribution in [-0.4, -0.2) is 7.11 Å². The Morgan fingerprint density at radius 2 is 2.07 bits per heavy atom. The van der Waals surface area contributed by atoms with E-state index in [0.29, 0.717) is 17.4 Å². The highest BCUT2D eigenvalue weighted by Crippen LogP contribution is 2.28. The molecule has 0 unspecified atom stereocenters. The molecule has 1 aromatic carbocycles. The Morgan fingerprint density at radius 3 is 2.57 bits per heavy atom. The number of aryl methyl sites for hydroxylation is 1. The van der Waals surface area contributed by atoms with Gasteiger partial charge in [0.2, 0.25) is 0 Å². The van der Waals surface area contributed by atoms with Crippen LogP contribution in [0.1, 0.15) is 18.1 Å². The van der Waals surface area contributed by atoms with Crippen LogP contribution in [0.2, 0.25) is 5.02 Å². The number of ether oxygens (including phenoxy) is 1. The summed E-state index contributed by atoms with van der Waals surface area (Å²) >= 11 is 5.97. The van der Waals surface area contributed by atoms with Crippen LogP contribution in [0.15, 0.2) is 12.1 Å². The number of rotatable bonds is 4. The first-order valence-corrected chi connectivity index (χ1v) is 4.77. The molecule has 0 radical (unpaired) electrons. The minimum absolute atomic E-state index is 0.368. The maximum absolute atomic E-state index is 5.97. The van der Waals surface area contributed by atoms with Gasteiger partial charge in [0.1, 0.15) is 5.75 Å². The van der Waals surface area contributed by atoms with Crippen LogP contribution < -0.4 is 10.6 Å². The minimum Gasteiger partial charge on any atom is -0.495 e. The predicted molar refractivity (Wildman–Crippen MR) is 56.4 cm³/mol. The SMILES string of the molecule is CCc1cc(OC)c(Cl)cc1CON. The largest absolute Gasteiger partial charge is 0.495 e. The average molecular weight is 216 g/mol. The van der Waals surface area contributed by atoms with Crippen molar-refractivity contribution in [3.8, 4) is 5.75 Å². The maximum atomic E-state index is 5.97. The second-order valence-corrected chi connectivity index (χ2v) is 3.33. The Morgan fingerprint density at radius 1 is 1.36 bits per heavy atom. The molecule has 4 heteroatoms. The molecule has 14 heavy (non-hydrogen) atoms. The molecule has 0 bridgehead atoms. The lowest BCUT2D eigenvalue weighted by Crippen LogP contribution is -2.02. The van der Waals surface area contributed by atoms with Crippen molar-refractivity contribution in [2.24, 2.45) is 5.90 Å². The lowest BCUT2D eigenvalue weighted by molar-refractivity contribution is 0.123. The lowest BCUT2D eigenvalue weighted by atomic mass is 10.1. The van der Waals surface area contributed by atoms with Gasteiger partial charge in [0.25, 0.3) is 0 Å². The van der Waals surface area contributed by atoms with Gasteiger partial charge in [0.15, 0.2) is 0 Å². The molecular formula is C10H14ClNO2. The molecule has 0 spiro atoms. The maximum Gasteiger partial charge on any atom is 0.137 e. The fourth-order valence-electron chi connectivity index (χ4n) is 1.35. The molecule has 78 valence electrons. The number of nitrogens with two attached hydrogens (primary N) is 1. The van der Waals surface area contributed by atoms with Crippen molar-refractivity contribution in [1.29, 1.82) is 0 Å². The molecule has 0 aliphatic heterocycles. The van der Waals surface area contributed by atoms with Crippen LogP contribution in [0, 0.1) is 0 Å². The standard InChI is InChI=1S/C10H14ClNO2/c1-3-7-5-10(13-2)9(11)4-8(7)6-14-12/h4-5H,3,6,12H2,1-2H3. The second-order valence-electron chi connectivity index (χ2n) is 2.92. The summed E-state index contributed by atoms with van der Waals surface area (Å²) in [5.74, 6) is 5.71. The summed E-state index contributed by atoms with van der Waals surface area (Å²) in [5, 5.41) is 0.580. The van der Waals surface area contributed by atoms with Crippen LogP contribution >= 0.6 is 11.6 Å². The highest BCUT2D eigenvalue weighted by atomic mass is 35.5. The summed E-state index contributed by atoms with van der Waals surface area (Å²) < 4.78 is 5.12. The molecule has 0 heterocycles. The van der Waals surface area contributed by atoms with Crippen molar-refractivity contribution >= 4 is 11.6 Å². The summed E-state index contributed by atoms with van der Waals surface area (Å²) in [6, 6.07) is 3.74. The van der Waals surface area contributed by atoms with E-state index >= 15 is 0 Å². The molecule has 1 aromatic rings. The van der Waals surface area contributed by atoms with Crippen LogP contribution in [0.3, 0.4) is 0 Å². The third-order valence-corrected chi connectivity index (χ3v) is 2.39. The smallest absolute Gasteiger partial charge is 0.137 e. The summed E-state index contributed by atoms with van der Waals surface area (Å²) in [4.78, 5) is 4.60. The third-order valence-electron chi connectivity index (χ3n) is 2.09. The number of halogens is 1. The van der Waals surface area contributed by atoms with Gasteiger partial charge >= 0.3 is 0 Å². The zero-order valence-electron chi connectivity index (χ0n) is 8.34. The van der Waals surface area contributed by atoms with Crippen LogP contribution in [0.25, 0.3) is 0 Å². The average Bonchev–Trinajstić information content (AvgIpc) is 2.19. The molecule has 3 nitrogen and oxygen atoms in total. The van der Waals surface area contributed by atoms with E-state index in [0.717, 1.165) is 17.5 Å². The Bertz CT molecular complexity index is 315. The molecule has 0 aliphatic carbocycles. The molecular weight excluding hydrogens is 202 g/mol. The lowest BCUT2D eigenvalue weighted by Gasteiger charge is -2.10. The second kappa shape index (κ2) is 5.20. The summed E-state index contributed by atoms with van der Waals surface area (Å²) in [6.45, 7) is 2.43.